The van der Waals surface area contributed by atoms with E-state index in [1.54, 1.807) is 23.0 Å². The van der Waals surface area contributed by atoms with Crippen molar-refractivity contribution in [3.8, 4) is 0 Å². The molecule has 0 spiro atoms. The fourth-order valence-electron chi connectivity index (χ4n) is 3.97. The van der Waals surface area contributed by atoms with Crippen LogP contribution in [-0.4, -0.2) is 56.1 Å². The molecule has 2 aliphatic heterocycles. The molecule has 1 fully saturated rings. The van der Waals surface area contributed by atoms with Crippen molar-refractivity contribution in [2.24, 2.45) is 0 Å². The number of nitrogens with zero attached hydrogens (tertiary/aromatic N) is 2. The van der Waals surface area contributed by atoms with Gasteiger partial charge in [-0.2, -0.15) is 0 Å². The minimum atomic E-state index is -3.50. The number of sulfonamides is 1. The average Bonchev–Trinajstić information content (AvgIpc) is 3.03. The van der Waals surface area contributed by atoms with Gasteiger partial charge in [-0.05, 0) is 50.1 Å². The number of para-hydroxylation sites is 1. The maximum absolute atomic E-state index is 13.4. The number of hydrogen-bond acceptors (Lipinski definition) is 6. The molecule has 4 rings (SSSR count). The standard InChI is InChI=1S/C22H27N3O3S2/c1-16(15-26)24-10-5-11-25(13-12-24)30(27,28)17(2)18-8-9-22-20(14-18)23-19-6-3-4-7-21(19)29-22/h3-4,6-9,14-17,23H,5,10-13H2,1-2H3. The number of hydrogen-bond donors (Lipinski definition) is 1. The predicted octanol–water partition coefficient (Wildman–Crippen LogP) is 3.88. The highest BCUT2D eigenvalue weighted by molar-refractivity contribution is 7.99. The summed E-state index contributed by atoms with van der Waals surface area (Å²) in [5.41, 5.74) is 2.77. The summed E-state index contributed by atoms with van der Waals surface area (Å²) >= 11 is 1.69. The van der Waals surface area contributed by atoms with Crippen LogP contribution in [0.4, 0.5) is 11.4 Å². The molecule has 6 nitrogen and oxygen atoms in total. The van der Waals surface area contributed by atoms with E-state index in [1.807, 2.05) is 48.2 Å². The molecule has 2 aliphatic rings. The molecule has 8 heteroatoms. The largest absolute Gasteiger partial charge is 0.354 e. The van der Waals surface area contributed by atoms with Crippen LogP contribution in [0.3, 0.4) is 0 Å². The second kappa shape index (κ2) is 8.70. The lowest BCUT2D eigenvalue weighted by molar-refractivity contribution is -0.111. The van der Waals surface area contributed by atoms with Gasteiger partial charge in [-0.3, -0.25) is 4.90 Å². The Hall–Kier alpha value is -1.87. The molecule has 0 radical (unpaired) electrons. The lowest BCUT2D eigenvalue weighted by Gasteiger charge is -2.27. The normalized spacial score (nSPS) is 19.7. The van der Waals surface area contributed by atoms with Gasteiger partial charge >= 0.3 is 0 Å². The summed E-state index contributed by atoms with van der Waals surface area (Å²) < 4.78 is 28.3. The second-order valence-electron chi connectivity index (χ2n) is 7.83. The number of benzene rings is 2. The zero-order valence-corrected chi connectivity index (χ0v) is 18.9. The monoisotopic (exact) mass is 445 g/mol. The van der Waals surface area contributed by atoms with Gasteiger partial charge in [0.2, 0.25) is 10.0 Å². The van der Waals surface area contributed by atoms with E-state index in [4.69, 9.17) is 0 Å². The van der Waals surface area contributed by atoms with Crippen LogP contribution >= 0.6 is 11.8 Å². The molecule has 30 heavy (non-hydrogen) atoms. The third kappa shape index (κ3) is 4.14. The SMILES string of the molecule is CC(C=O)N1CCCN(S(=O)(=O)C(C)c2ccc3c(c2)Nc2ccccc2S3)CC1. The van der Waals surface area contributed by atoms with Gasteiger partial charge in [-0.1, -0.05) is 30.0 Å². The summed E-state index contributed by atoms with van der Waals surface area (Å²) in [4.78, 5) is 15.4. The van der Waals surface area contributed by atoms with Gasteiger partial charge in [-0.15, -0.1) is 0 Å². The Morgan fingerprint density at radius 2 is 1.77 bits per heavy atom. The summed E-state index contributed by atoms with van der Waals surface area (Å²) in [6.45, 7) is 5.83. The zero-order chi connectivity index (χ0) is 21.3. The molecule has 0 amide bonds. The van der Waals surface area contributed by atoms with E-state index in [0.29, 0.717) is 19.6 Å². The second-order valence-corrected chi connectivity index (χ2v) is 11.2. The number of fused-ring (bicyclic) bond motifs is 2. The van der Waals surface area contributed by atoms with Crippen molar-refractivity contribution in [3.05, 3.63) is 48.0 Å². The molecule has 1 saturated heterocycles. The first-order valence-electron chi connectivity index (χ1n) is 10.3. The predicted molar refractivity (Wildman–Crippen MR) is 121 cm³/mol. The Kier molecular flexibility index (Phi) is 6.20. The molecule has 1 N–H and O–H groups in total. The highest BCUT2D eigenvalue weighted by Gasteiger charge is 2.32. The number of rotatable bonds is 5. The van der Waals surface area contributed by atoms with Crippen molar-refractivity contribution in [1.29, 1.82) is 0 Å². The lowest BCUT2D eigenvalue weighted by atomic mass is 10.1. The van der Waals surface area contributed by atoms with Gasteiger partial charge in [-0.25, -0.2) is 12.7 Å². The highest BCUT2D eigenvalue weighted by Crippen LogP contribution is 2.45. The van der Waals surface area contributed by atoms with E-state index in [1.165, 1.54) is 0 Å². The highest BCUT2D eigenvalue weighted by atomic mass is 32.2. The zero-order valence-electron chi connectivity index (χ0n) is 17.2. The Bertz CT molecular complexity index is 1040. The third-order valence-corrected chi connectivity index (χ3v) is 9.32. The Balaban J connectivity index is 1.53. The molecule has 0 bridgehead atoms. The van der Waals surface area contributed by atoms with Gasteiger partial charge in [0.1, 0.15) is 6.29 Å². The van der Waals surface area contributed by atoms with Crippen molar-refractivity contribution in [2.75, 3.05) is 31.5 Å². The minimum Gasteiger partial charge on any atom is -0.354 e. The smallest absolute Gasteiger partial charge is 0.220 e. The molecule has 2 aromatic carbocycles. The van der Waals surface area contributed by atoms with E-state index in [-0.39, 0.29) is 6.04 Å². The molecular weight excluding hydrogens is 418 g/mol. The van der Waals surface area contributed by atoms with Crippen LogP contribution in [-0.2, 0) is 14.8 Å². The Labute approximate surface area is 182 Å². The van der Waals surface area contributed by atoms with Crippen LogP contribution in [0.25, 0.3) is 0 Å². The van der Waals surface area contributed by atoms with Crippen LogP contribution in [0, 0.1) is 0 Å². The summed E-state index contributed by atoms with van der Waals surface area (Å²) in [5, 5.41) is 2.80. The first-order chi connectivity index (χ1) is 14.4. The van der Waals surface area contributed by atoms with Crippen molar-refractivity contribution < 1.29 is 13.2 Å². The number of carbonyl (C=O) groups is 1. The quantitative estimate of drug-likeness (QED) is 0.601. The fraction of sp³-hybridized carbons (Fsp3) is 0.409. The van der Waals surface area contributed by atoms with Crippen molar-refractivity contribution in [1.82, 2.24) is 9.21 Å². The van der Waals surface area contributed by atoms with Gasteiger partial charge < -0.3 is 10.1 Å². The van der Waals surface area contributed by atoms with Gasteiger partial charge in [0.05, 0.1) is 22.7 Å². The number of anilines is 2. The van der Waals surface area contributed by atoms with Crippen LogP contribution in [0.15, 0.2) is 52.3 Å². The first kappa shape index (κ1) is 21.4. The molecule has 2 atom stereocenters. The van der Waals surface area contributed by atoms with Gasteiger partial charge in [0.25, 0.3) is 0 Å². The Morgan fingerprint density at radius 3 is 2.57 bits per heavy atom. The van der Waals surface area contributed by atoms with Crippen LogP contribution < -0.4 is 5.32 Å². The van der Waals surface area contributed by atoms with E-state index < -0.39 is 15.3 Å². The molecule has 0 aliphatic carbocycles. The lowest BCUT2D eigenvalue weighted by Crippen LogP contribution is -2.40. The molecule has 2 heterocycles. The molecule has 0 saturated carbocycles. The summed E-state index contributed by atoms with van der Waals surface area (Å²) in [6.07, 6.45) is 1.65. The molecular formula is C22H27N3O3S2. The molecule has 2 unspecified atom stereocenters. The maximum Gasteiger partial charge on any atom is 0.220 e. The fourth-order valence-corrected chi connectivity index (χ4v) is 6.59. The van der Waals surface area contributed by atoms with Gasteiger partial charge in [0, 0.05) is 36.0 Å². The Morgan fingerprint density at radius 1 is 1.00 bits per heavy atom. The molecule has 2 aromatic rings. The maximum atomic E-state index is 13.4. The number of aldehydes is 1. The number of nitrogens with one attached hydrogen (secondary N) is 1. The topological polar surface area (TPSA) is 69.7 Å². The molecule has 160 valence electrons. The van der Waals surface area contributed by atoms with E-state index in [2.05, 4.69) is 11.4 Å². The summed E-state index contributed by atoms with van der Waals surface area (Å²) in [5.74, 6) is 0. The minimum absolute atomic E-state index is 0.183. The van der Waals surface area contributed by atoms with Crippen LogP contribution in [0.5, 0.6) is 0 Å². The van der Waals surface area contributed by atoms with E-state index in [9.17, 15) is 13.2 Å². The average molecular weight is 446 g/mol. The van der Waals surface area contributed by atoms with E-state index in [0.717, 1.165) is 46.0 Å². The van der Waals surface area contributed by atoms with E-state index >= 15 is 0 Å². The summed E-state index contributed by atoms with van der Waals surface area (Å²) in [6, 6.07) is 13.8. The summed E-state index contributed by atoms with van der Waals surface area (Å²) in [7, 11) is -3.50. The van der Waals surface area contributed by atoms with Crippen LogP contribution in [0.2, 0.25) is 0 Å². The van der Waals surface area contributed by atoms with Crippen LogP contribution in [0.1, 0.15) is 31.1 Å². The van der Waals surface area contributed by atoms with Crippen molar-refractivity contribution in [2.45, 2.75) is 41.4 Å². The third-order valence-electron chi connectivity index (χ3n) is 5.92. The van der Waals surface area contributed by atoms with Gasteiger partial charge in [0.15, 0.2) is 0 Å². The van der Waals surface area contributed by atoms with Crippen molar-refractivity contribution >= 4 is 39.4 Å². The first-order valence-corrected chi connectivity index (χ1v) is 12.6. The molecule has 0 aromatic heterocycles. The van der Waals surface area contributed by atoms with Crippen molar-refractivity contribution in [3.63, 3.8) is 0 Å². The number of carbonyl (C=O) groups excluding carboxylic acids is 1.